The first-order valence-corrected chi connectivity index (χ1v) is 9.95. The van der Waals surface area contributed by atoms with Gasteiger partial charge in [0.2, 0.25) is 0 Å². The molecule has 0 aliphatic heterocycles. The van der Waals surface area contributed by atoms with Gasteiger partial charge in [0.25, 0.3) is 0 Å². The van der Waals surface area contributed by atoms with Gasteiger partial charge in [-0.25, -0.2) is 0 Å². The van der Waals surface area contributed by atoms with E-state index in [4.69, 9.17) is 9.97 Å². The van der Waals surface area contributed by atoms with Crippen LogP contribution in [0.4, 0.5) is 0 Å². The highest BCUT2D eigenvalue weighted by Crippen LogP contribution is 2.59. The second-order valence-electron chi connectivity index (χ2n) is 9.12. The van der Waals surface area contributed by atoms with Crippen LogP contribution in [0.3, 0.4) is 0 Å². The Balaban J connectivity index is 1.82. The minimum absolute atomic E-state index is 0.0380. The summed E-state index contributed by atoms with van der Waals surface area (Å²) in [6, 6.07) is 17.6. The predicted molar refractivity (Wildman–Crippen MR) is 115 cm³/mol. The Kier molecular flexibility index (Phi) is 2.79. The minimum atomic E-state index is -0.0844. The van der Waals surface area contributed by atoms with Crippen molar-refractivity contribution in [1.82, 2.24) is 9.97 Å². The van der Waals surface area contributed by atoms with E-state index in [1.54, 1.807) is 0 Å². The van der Waals surface area contributed by atoms with Crippen LogP contribution in [0, 0.1) is 0 Å². The average molecular weight is 362 g/mol. The third kappa shape index (κ3) is 1.70. The predicted octanol–water partition coefficient (Wildman–Crippen LogP) is 6.24. The van der Waals surface area contributed by atoms with Gasteiger partial charge in [0.1, 0.15) is 0 Å². The van der Waals surface area contributed by atoms with Crippen LogP contribution in [0.5, 0.6) is 0 Å². The summed E-state index contributed by atoms with van der Waals surface area (Å²) in [5.74, 6) is 0. The van der Waals surface area contributed by atoms with E-state index >= 15 is 0 Å². The van der Waals surface area contributed by atoms with Gasteiger partial charge in [0.05, 0.1) is 11.2 Å². The zero-order chi connectivity index (χ0) is 19.3. The molecule has 0 bridgehead atoms. The van der Waals surface area contributed by atoms with Gasteiger partial charge in [-0.3, -0.25) is 9.97 Å². The summed E-state index contributed by atoms with van der Waals surface area (Å²) in [5.41, 5.74) is 11.6. The zero-order valence-corrected chi connectivity index (χ0v) is 16.7. The molecular weight excluding hydrogens is 340 g/mol. The van der Waals surface area contributed by atoms with Crippen molar-refractivity contribution in [3.8, 4) is 22.4 Å². The molecule has 4 aromatic rings. The third-order valence-electron chi connectivity index (χ3n) is 6.94. The smallest absolute Gasteiger partial charge is 0.0783 e. The first-order chi connectivity index (χ1) is 13.4. The first kappa shape index (κ1) is 16.0. The number of fused-ring (bicyclic) bond motifs is 9. The van der Waals surface area contributed by atoms with E-state index in [0.717, 1.165) is 11.2 Å². The molecule has 6 rings (SSSR count). The molecule has 0 atom stereocenters. The highest BCUT2D eigenvalue weighted by Gasteiger charge is 2.45. The van der Waals surface area contributed by atoms with Crippen molar-refractivity contribution in [1.29, 1.82) is 0 Å². The van der Waals surface area contributed by atoms with E-state index in [0.29, 0.717) is 0 Å². The van der Waals surface area contributed by atoms with Crippen LogP contribution in [-0.2, 0) is 10.8 Å². The molecule has 2 aliphatic carbocycles. The standard InChI is InChI=1S/C26H22N2/c1-25(2)17-12-10-16-22(26(3,4)19-8-6-14-28-24(16)19)20(17)21-18(25)11-9-15-7-5-13-27-23(15)21/h5-14H,1-4H3. The second-order valence-corrected chi connectivity index (χ2v) is 9.12. The van der Waals surface area contributed by atoms with E-state index in [1.165, 1.54) is 44.3 Å². The molecule has 2 heteroatoms. The lowest BCUT2D eigenvalue weighted by atomic mass is 9.77. The van der Waals surface area contributed by atoms with Gasteiger partial charge in [0, 0.05) is 39.7 Å². The number of hydrogen-bond donors (Lipinski definition) is 0. The maximum atomic E-state index is 4.82. The van der Waals surface area contributed by atoms with Crippen molar-refractivity contribution < 1.29 is 0 Å². The number of aromatic nitrogens is 2. The maximum absolute atomic E-state index is 4.82. The van der Waals surface area contributed by atoms with Gasteiger partial charge >= 0.3 is 0 Å². The van der Waals surface area contributed by atoms with Crippen LogP contribution < -0.4 is 0 Å². The molecule has 0 N–H and O–H groups in total. The molecule has 2 heterocycles. The fourth-order valence-electron chi connectivity index (χ4n) is 5.55. The molecule has 2 aliphatic rings. The molecule has 136 valence electrons. The fraction of sp³-hybridized carbons (Fsp3) is 0.231. The Morgan fingerprint density at radius 2 is 1.36 bits per heavy atom. The quantitative estimate of drug-likeness (QED) is 0.370. The molecule has 2 aromatic carbocycles. The SMILES string of the molecule is CC1(C)c2ccc3c(c2-c2c1ccc1cccnc21)C(C)(C)c1cccnc1-3. The van der Waals surface area contributed by atoms with Gasteiger partial charge in [0.15, 0.2) is 0 Å². The topological polar surface area (TPSA) is 25.8 Å². The lowest BCUT2D eigenvalue weighted by molar-refractivity contribution is 0.647. The van der Waals surface area contributed by atoms with Crippen LogP contribution in [-0.4, -0.2) is 9.97 Å². The first-order valence-electron chi connectivity index (χ1n) is 9.95. The Bertz CT molecular complexity index is 1310. The van der Waals surface area contributed by atoms with Crippen molar-refractivity contribution in [2.24, 2.45) is 0 Å². The third-order valence-corrected chi connectivity index (χ3v) is 6.94. The number of rotatable bonds is 0. The summed E-state index contributed by atoms with van der Waals surface area (Å²) < 4.78 is 0. The van der Waals surface area contributed by atoms with Crippen molar-refractivity contribution >= 4 is 10.9 Å². The van der Waals surface area contributed by atoms with Gasteiger partial charge in [-0.1, -0.05) is 64.1 Å². The van der Waals surface area contributed by atoms with Crippen molar-refractivity contribution in [3.05, 3.63) is 83.2 Å². The van der Waals surface area contributed by atoms with Crippen LogP contribution >= 0.6 is 0 Å². The summed E-state index contributed by atoms with van der Waals surface area (Å²) in [6.07, 6.45) is 3.82. The van der Waals surface area contributed by atoms with Crippen LogP contribution in [0.1, 0.15) is 49.9 Å². The van der Waals surface area contributed by atoms with E-state index in [2.05, 4.69) is 70.2 Å². The van der Waals surface area contributed by atoms with Gasteiger partial charge in [-0.05, 0) is 39.9 Å². The molecule has 2 aromatic heterocycles. The Morgan fingerprint density at radius 3 is 2.21 bits per heavy atom. The monoisotopic (exact) mass is 362 g/mol. The summed E-state index contributed by atoms with van der Waals surface area (Å²) in [4.78, 5) is 9.58. The lowest BCUT2D eigenvalue weighted by Crippen LogP contribution is -2.18. The van der Waals surface area contributed by atoms with E-state index in [1.807, 2.05) is 18.5 Å². The molecule has 28 heavy (non-hydrogen) atoms. The van der Waals surface area contributed by atoms with Gasteiger partial charge in [-0.2, -0.15) is 0 Å². The van der Waals surface area contributed by atoms with Gasteiger partial charge < -0.3 is 0 Å². The van der Waals surface area contributed by atoms with Crippen molar-refractivity contribution in [2.75, 3.05) is 0 Å². The Labute approximate surface area is 165 Å². The Hall–Kier alpha value is -3.00. The maximum Gasteiger partial charge on any atom is 0.0783 e. The number of benzene rings is 2. The highest BCUT2D eigenvalue weighted by molar-refractivity contribution is 6.03. The summed E-state index contributed by atoms with van der Waals surface area (Å²) in [6.45, 7) is 9.35. The second kappa shape index (κ2) is 4.88. The number of nitrogens with zero attached hydrogens (tertiary/aromatic N) is 2. The lowest BCUT2D eigenvalue weighted by Gasteiger charge is -2.25. The van der Waals surface area contributed by atoms with Crippen LogP contribution in [0.2, 0.25) is 0 Å². The number of hydrogen-bond acceptors (Lipinski definition) is 2. The van der Waals surface area contributed by atoms with Crippen LogP contribution in [0.15, 0.2) is 60.9 Å². The van der Waals surface area contributed by atoms with Crippen molar-refractivity contribution in [2.45, 2.75) is 38.5 Å². The van der Waals surface area contributed by atoms with E-state index in [-0.39, 0.29) is 10.8 Å². The normalized spacial score (nSPS) is 17.1. The molecular formula is C26H22N2. The Morgan fingerprint density at radius 1 is 0.643 bits per heavy atom. The molecule has 0 fully saturated rings. The molecule has 0 unspecified atom stereocenters. The molecule has 0 saturated carbocycles. The largest absolute Gasteiger partial charge is 0.256 e. The fourth-order valence-corrected chi connectivity index (χ4v) is 5.55. The molecule has 0 spiro atoms. The van der Waals surface area contributed by atoms with Gasteiger partial charge in [-0.15, -0.1) is 0 Å². The molecule has 0 radical (unpaired) electrons. The summed E-state index contributed by atoms with van der Waals surface area (Å²) in [5, 5.41) is 1.20. The summed E-state index contributed by atoms with van der Waals surface area (Å²) >= 11 is 0. The number of pyridine rings is 2. The zero-order valence-electron chi connectivity index (χ0n) is 16.7. The van der Waals surface area contributed by atoms with Crippen molar-refractivity contribution in [3.63, 3.8) is 0 Å². The van der Waals surface area contributed by atoms with E-state index < -0.39 is 0 Å². The molecule has 0 saturated heterocycles. The van der Waals surface area contributed by atoms with Crippen LogP contribution in [0.25, 0.3) is 33.3 Å². The van der Waals surface area contributed by atoms with E-state index in [9.17, 15) is 0 Å². The highest BCUT2D eigenvalue weighted by atomic mass is 14.7. The summed E-state index contributed by atoms with van der Waals surface area (Å²) in [7, 11) is 0. The minimum Gasteiger partial charge on any atom is -0.256 e. The molecule has 0 amide bonds. The average Bonchev–Trinajstić information content (AvgIpc) is 3.08. The molecule has 2 nitrogen and oxygen atoms in total.